The van der Waals surface area contributed by atoms with Crippen LogP contribution in [-0.2, 0) is 10.2 Å². The van der Waals surface area contributed by atoms with Gasteiger partial charge in [0.15, 0.2) is 6.61 Å². The number of halogens is 3. The molecule has 0 spiro atoms. The summed E-state index contributed by atoms with van der Waals surface area (Å²) in [6.45, 7) is 1.60. The molecule has 0 radical (unpaired) electrons. The van der Waals surface area contributed by atoms with E-state index in [-0.39, 0.29) is 11.6 Å². The highest BCUT2D eigenvalue weighted by Gasteiger charge is 2.29. The maximum Gasteiger partial charge on any atom is 0.422 e. The van der Waals surface area contributed by atoms with Gasteiger partial charge in [-0.25, -0.2) is 4.98 Å². The van der Waals surface area contributed by atoms with E-state index in [0.717, 1.165) is 0 Å². The zero-order chi connectivity index (χ0) is 20.2. The summed E-state index contributed by atoms with van der Waals surface area (Å²) in [5.74, 6) is -1.95. The van der Waals surface area contributed by atoms with Crippen LogP contribution in [0.5, 0.6) is 5.88 Å². The van der Waals surface area contributed by atoms with E-state index < -0.39 is 30.1 Å². The number of aromatic nitrogens is 1. The van der Waals surface area contributed by atoms with Gasteiger partial charge in [-0.15, -0.1) is 0 Å². The van der Waals surface area contributed by atoms with E-state index in [1.165, 1.54) is 30.3 Å². The third-order valence-corrected chi connectivity index (χ3v) is 3.74. The number of carbonyl (C=O) groups is 2. The molecule has 9 heteroatoms. The van der Waals surface area contributed by atoms with Crippen LogP contribution in [0.2, 0.25) is 0 Å². The molecule has 2 N–H and O–H groups in total. The van der Waals surface area contributed by atoms with Gasteiger partial charge in [0.05, 0.1) is 5.41 Å². The molecule has 1 aromatic heterocycles. The van der Waals surface area contributed by atoms with Crippen molar-refractivity contribution in [2.24, 2.45) is 0 Å². The number of carboxylic acids is 1. The van der Waals surface area contributed by atoms with Crippen LogP contribution in [0, 0.1) is 0 Å². The van der Waals surface area contributed by atoms with E-state index in [1.807, 2.05) is 0 Å². The Hall–Kier alpha value is -3.10. The molecule has 6 nitrogen and oxygen atoms in total. The molecule has 0 aliphatic heterocycles. The van der Waals surface area contributed by atoms with Gasteiger partial charge >= 0.3 is 12.1 Å². The molecule has 0 aliphatic rings. The summed E-state index contributed by atoms with van der Waals surface area (Å²) in [4.78, 5) is 27.2. The van der Waals surface area contributed by atoms with E-state index >= 15 is 0 Å². The number of hydrogen-bond donors (Lipinski definition) is 2. The highest BCUT2D eigenvalue weighted by Crippen LogP contribution is 2.25. The van der Waals surface area contributed by atoms with Crippen molar-refractivity contribution < 1.29 is 32.6 Å². The number of carboxylic acid groups (broad SMARTS) is 1. The van der Waals surface area contributed by atoms with Crippen LogP contribution in [0.1, 0.15) is 29.9 Å². The first-order chi connectivity index (χ1) is 12.5. The van der Waals surface area contributed by atoms with Gasteiger partial charge in [-0.3, -0.25) is 9.59 Å². The summed E-state index contributed by atoms with van der Waals surface area (Å²) in [5, 5.41) is 11.8. The van der Waals surface area contributed by atoms with Gasteiger partial charge in [0, 0.05) is 11.8 Å². The predicted molar refractivity (Wildman–Crippen MR) is 90.8 cm³/mol. The Labute approximate surface area is 153 Å². The van der Waals surface area contributed by atoms with Crippen molar-refractivity contribution >= 4 is 17.6 Å². The van der Waals surface area contributed by atoms with E-state index in [1.54, 1.807) is 26.0 Å². The summed E-state index contributed by atoms with van der Waals surface area (Å²) in [5.41, 5.74) is -0.277. The summed E-state index contributed by atoms with van der Waals surface area (Å²) >= 11 is 0. The number of anilines is 1. The van der Waals surface area contributed by atoms with E-state index in [4.69, 9.17) is 0 Å². The van der Waals surface area contributed by atoms with E-state index in [2.05, 4.69) is 15.0 Å². The normalized spacial score (nSPS) is 11.7. The largest absolute Gasteiger partial charge is 0.481 e. The lowest BCUT2D eigenvalue weighted by atomic mass is 9.85. The molecule has 0 saturated heterocycles. The second kappa shape index (κ2) is 7.65. The van der Waals surface area contributed by atoms with Gasteiger partial charge in [0.2, 0.25) is 5.88 Å². The van der Waals surface area contributed by atoms with Crippen LogP contribution in [-0.4, -0.2) is 34.8 Å². The molecule has 144 valence electrons. The number of rotatable bonds is 6. The van der Waals surface area contributed by atoms with Crippen molar-refractivity contribution in [2.45, 2.75) is 25.4 Å². The zero-order valence-corrected chi connectivity index (χ0v) is 14.5. The number of hydrogen-bond acceptors (Lipinski definition) is 4. The minimum atomic E-state index is -4.51. The Morgan fingerprint density at radius 1 is 1.11 bits per heavy atom. The number of pyridine rings is 1. The smallest absolute Gasteiger partial charge is 0.422 e. The first-order valence-electron chi connectivity index (χ1n) is 7.81. The first kappa shape index (κ1) is 20.2. The highest BCUT2D eigenvalue weighted by atomic mass is 19.4. The number of nitrogens with zero attached hydrogens (tertiary/aromatic N) is 1. The van der Waals surface area contributed by atoms with Crippen LogP contribution in [0.15, 0.2) is 42.5 Å². The van der Waals surface area contributed by atoms with Gasteiger partial charge < -0.3 is 15.2 Å². The number of carbonyl (C=O) groups excluding carboxylic acids is 1. The molecule has 0 atom stereocenters. The number of benzene rings is 1. The number of nitrogens with one attached hydrogen (secondary N) is 1. The van der Waals surface area contributed by atoms with Crippen molar-refractivity contribution in [1.29, 1.82) is 0 Å². The fourth-order valence-electron chi connectivity index (χ4n) is 2.07. The van der Waals surface area contributed by atoms with Gasteiger partial charge in [-0.05, 0) is 37.6 Å². The topological polar surface area (TPSA) is 88.5 Å². The Morgan fingerprint density at radius 3 is 2.30 bits per heavy atom. The number of aliphatic carboxylic acids is 1. The lowest BCUT2D eigenvalue weighted by Gasteiger charge is -2.19. The molecule has 1 heterocycles. The quantitative estimate of drug-likeness (QED) is 0.796. The monoisotopic (exact) mass is 382 g/mol. The lowest BCUT2D eigenvalue weighted by molar-refractivity contribution is -0.154. The Balaban J connectivity index is 2.08. The second-order valence-electron chi connectivity index (χ2n) is 6.23. The number of alkyl halides is 3. The van der Waals surface area contributed by atoms with Gasteiger partial charge in [0.25, 0.3) is 5.91 Å². The molecular weight excluding hydrogens is 365 g/mol. The molecule has 0 fully saturated rings. The predicted octanol–water partition coefficient (Wildman–Crippen LogP) is 3.64. The second-order valence-corrected chi connectivity index (χ2v) is 6.23. The van der Waals surface area contributed by atoms with Crippen LogP contribution >= 0.6 is 0 Å². The van der Waals surface area contributed by atoms with Gasteiger partial charge in [0.1, 0.15) is 5.69 Å². The van der Waals surface area contributed by atoms with Gasteiger partial charge in [-0.1, -0.05) is 18.2 Å². The first-order valence-corrected chi connectivity index (χ1v) is 7.81. The zero-order valence-electron chi connectivity index (χ0n) is 14.5. The standard InChI is InChI=1S/C18H17F3N2O4/c1-17(2,16(25)26)11-6-8-12(9-7-11)22-15(24)13-4-3-5-14(23-13)27-10-18(19,20)21/h3-9H,10H2,1-2H3,(H,22,24)(H,25,26). The summed E-state index contributed by atoms with van der Waals surface area (Å²) in [6.07, 6.45) is -4.51. The third kappa shape index (κ3) is 5.44. The van der Waals surface area contributed by atoms with E-state index in [0.29, 0.717) is 11.3 Å². The molecule has 0 saturated carbocycles. The van der Waals surface area contributed by atoms with Crippen LogP contribution in [0.3, 0.4) is 0 Å². The summed E-state index contributed by atoms with van der Waals surface area (Å²) in [7, 11) is 0. The van der Waals surface area contributed by atoms with E-state index in [9.17, 15) is 27.9 Å². The Morgan fingerprint density at radius 2 is 1.74 bits per heavy atom. The molecular formula is C18H17F3N2O4. The average Bonchev–Trinajstić information content (AvgIpc) is 2.60. The molecule has 0 aliphatic carbocycles. The molecule has 27 heavy (non-hydrogen) atoms. The van der Waals surface area contributed by atoms with Crippen molar-refractivity contribution in [3.8, 4) is 5.88 Å². The van der Waals surface area contributed by atoms with Crippen LogP contribution in [0.25, 0.3) is 0 Å². The average molecular weight is 382 g/mol. The number of amides is 1. The number of ether oxygens (including phenoxy) is 1. The van der Waals surface area contributed by atoms with Crippen molar-refractivity contribution in [2.75, 3.05) is 11.9 Å². The maximum absolute atomic E-state index is 12.2. The van der Waals surface area contributed by atoms with Crippen LogP contribution < -0.4 is 10.1 Å². The molecule has 2 aromatic rings. The lowest BCUT2D eigenvalue weighted by Crippen LogP contribution is -2.28. The Bertz CT molecular complexity index is 833. The molecule has 0 bridgehead atoms. The van der Waals surface area contributed by atoms with Crippen LogP contribution in [0.4, 0.5) is 18.9 Å². The fraction of sp³-hybridized carbons (Fsp3) is 0.278. The minimum Gasteiger partial charge on any atom is -0.481 e. The van der Waals surface area contributed by atoms with Crippen molar-refractivity contribution in [3.63, 3.8) is 0 Å². The maximum atomic E-state index is 12.2. The molecule has 0 unspecified atom stereocenters. The highest BCUT2D eigenvalue weighted by molar-refractivity contribution is 6.02. The summed E-state index contributed by atoms with van der Waals surface area (Å²) < 4.78 is 41.1. The molecule has 1 amide bonds. The van der Waals surface area contributed by atoms with Crippen molar-refractivity contribution in [3.05, 3.63) is 53.7 Å². The third-order valence-electron chi connectivity index (χ3n) is 3.74. The Kier molecular flexibility index (Phi) is 5.72. The minimum absolute atomic E-state index is 0.121. The fourth-order valence-corrected chi connectivity index (χ4v) is 2.07. The summed E-state index contributed by atoms with van der Waals surface area (Å²) in [6, 6.07) is 10.1. The molecule has 1 aromatic carbocycles. The van der Waals surface area contributed by atoms with Gasteiger partial charge in [-0.2, -0.15) is 13.2 Å². The molecule has 2 rings (SSSR count). The van der Waals surface area contributed by atoms with Crippen molar-refractivity contribution in [1.82, 2.24) is 4.98 Å². The SMILES string of the molecule is CC(C)(C(=O)O)c1ccc(NC(=O)c2cccc(OCC(F)(F)F)n2)cc1.